The first-order chi connectivity index (χ1) is 12.3. The van der Waals surface area contributed by atoms with E-state index in [2.05, 4.69) is 34.4 Å². The van der Waals surface area contributed by atoms with Crippen LogP contribution >= 0.6 is 11.3 Å². The van der Waals surface area contributed by atoms with E-state index in [1.165, 1.54) is 36.8 Å². The van der Waals surface area contributed by atoms with Gasteiger partial charge in [-0.15, -0.1) is 11.3 Å². The Morgan fingerprint density at radius 3 is 2.84 bits per heavy atom. The van der Waals surface area contributed by atoms with Gasteiger partial charge in [-0.05, 0) is 61.3 Å². The van der Waals surface area contributed by atoms with Crippen LogP contribution in [0.3, 0.4) is 0 Å². The molecule has 3 aliphatic rings. The van der Waals surface area contributed by atoms with Crippen molar-refractivity contribution in [2.45, 2.75) is 44.7 Å². The second-order valence-corrected chi connectivity index (χ2v) is 8.84. The molecule has 0 amide bonds. The summed E-state index contributed by atoms with van der Waals surface area (Å²) >= 11 is 2.08. The van der Waals surface area contributed by atoms with Crippen molar-refractivity contribution >= 4 is 11.3 Å². The quantitative estimate of drug-likeness (QED) is 0.813. The van der Waals surface area contributed by atoms with Crippen molar-refractivity contribution in [3.63, 3.8) is 0 Å². The van der Waals surface area contributed by atoms with E-state index >= 15 is 0 Å². The summed E-state index contributed by atoms with van der Waals surface area (Å²) in [6, 6.07) is 7.36. The summed E-state index contributed by atoms with van der Waals surface area (Å²) in [5.74, 6) is 2.74. The van der Waals surface area contributed by atoms with Gasteiger partial charge in [-0.2, -0.15) is 0 Å². The first-order valence-electron chi connectivity index (χ1n) is 9.35. The summed E-state index contributed by atoms with van der Waals surface area (Å²) < 4.78 is 11.2. The maximum absolute atomic E-state index is 5.69. The van der Waals surface area contributed by atoms with Crippen molar-refractivity contribution in [2.75, 3.05) is 20.8 Å². The number of hydrogen-bond donors (Lipinski definition) is 0. The number of fused-ring (bicyclic) bond motifs is 4. The topological polar surface area (TPSA) is 21.7 Å². The number of rotatable bonds is 4. The van der Waals surface area contributed by atoms with Crippen LogP contribution in [0.15, 0.2) is 18.2 Å². The summed E-state index contributed by atoms with van der Waals surface area (Å²) in [5.41, 5.74) is 4.34. The van der Waals surface area contributed by atoms with Gasteiger partial charge in [0.1, 0.15) is 0 Å². The smallest absolute Gasteiger partial charge is 0.165 e. The molecule has 4 heteroatoms. The fraction of sp³-hybridized carbons (Fsp3) is 0.524. The zero-order valence-corrected chi connectivity index (χ0v) is 15.8. The third kappa shape index (κ3) is 2.67. The molecule has 132 valence electrons. The van der Waals surface area contributed by atoms with E-state index in [1.807, 2.05) is 0 Å². The zero-order valence-electron chi connectivity index (χ0n) is 15.0. The normalized spacial score (nSPS) is 22.1. The summed E-state index contributed by atoms with van der Waals surface area (Å²) in [4.78, 5) is 5.90. The molecule has 2 aromatic rings. The minimum absolute atomic E-state index is 0.540. The van der Waals surface area contributed by atoms with Crippen LogP contribution < -0.4 is 9.47 Å². The third-order valence-electron chi connectivity index (χ3n) is 6.03. The van der Waals surface area contributed by atoms with Crippen molar-refractivity contribution in [2.24, 2.45) is 5.92 Å². The van der Waals surface area contributed by atoms with Gasteiger partial charge in [-0.3, -0.25) is 4.90 Å². The lowest BCUT2D eigenvalue weighted by Gasteiger charge is -2.40. The first-order valence-corrected chi connectivity index (χ1v) is 10.2. The van der Waals surface area contributed by atoms with Gasteiger partial charge in [0.05, 0.1) is 14.2 Å². The second-order valence-electron chi connectivity index (χ2n) is 7.62. The van der Waals surface area contributed by atoms with Gasteiger partial charge in [-0.25, -0.2) is 0 Å². The molecule has 0 saturated heterocycles. The average Bonchev–Trinajstić information content (AvgIpc) is 3.35. The van der Waals surface area contributed by atoms with Crippen LogP contribution in [0.2, 0.25) is 0 Å². The Morgan fingerprint density at radius 2 is 2.08 bits per heavy atom. The Morgan fingerprint density at radius 1 is 1.20 bits per heavy atom. The molecule has 3 heterocycles. The van der Waals surface area contributed by atoms with Crippen LogP contribution in [0.25, 0.3) is 0 Å². The third-order valence-corrected chi connectivity index (χ3v) is 7.26. The van der Waals surface area contributed by atoms with Crippen molar-refractivity contribution in [3.8, 4) is 11.5 Å². The van der Waals surface area contributed by atoms with Crippen LogP contribution in [0.1, 0.15) is 45.3 Å². The van der Waals surface area contributed by atoms with Gasteiger partial charge in [0, 0.05) is 34.4 Å². The van der Waals surface area contributed by atoms with Crippen LogP contribution in [-0.2, 0) is 25.8 Å². The van der Waals surface area contributed by atoms with Gasteiger partial charge < -0.3 is 9.47 Å². The molecular formula is C21H25NO2S. The maximum atomic E-state index is 5.69. The molecule has 1 aromatic carbocycles. The molecule has 1 fully saturated rings. The molecule has 1 saturated carbocycles. The van der Waals surface area contributed by atoms with Crippen LogP contribution in [0.5, 0.6) is 11.5 Å². The van der Waals surface area contributed by atoms with Crippen molar-refractivity contribution in [1.29, 1.82) is 0 Å². The van der Waals surface area contributed by atoms with Crippen molar-refractivity contribution in [3.05, 3.63) is 44.6 Å². The lowest BCUT2D eigenvalue weighted by atomic mass is 9.86. The lowest BCUT2D eigenvalue weighted by molar-refractivity contribution is 0.159. The van der Waals surface area contributed by atoms with Crippen LogP contribution in [0.4, 0.5) is 0 Å². The Balaban J connectivity index is 1.49. The molecule has 0 radical (unpaired) electrons. The summed E-state index contributed by atoms with van der Waals surface area (Å²) in [7, 11) is 3.47. The predicted molar refractivity (Wildman–Crippen MR) is 101 cm³/mol. The van der Waals surface area contributed by atoms with E-state index in [4.69, 9.17) is 9.47 Å². The van der Waals surface area contributed by atoms with E-state index in [1.54, 1.807) is 29.5 Å². The molecule has 3 nitrogen and oxygen atoms in total. The number of benzene rings is 1. The molecule has 0 spiro atoms. The second kappa shape index (κ2) is 6.03. The molecule has 1 aromatic heterocycles. The van der Waals surface area contributed by atoms with Crippen molar-refractivity contribution in [1.82, 2.24) is 4.90 Å². The summed E-state index contributed by atoms with van der Waals surface area (Å²) in [5, 5.41) is 0. The Kier molecular flexibility index (Phi) is 3.79. The Hall–Kier alpha value is -1.52. The predicted octanol–water partition coefficient (Wildman–Crippen LogP) is 4.37. The van der Waals surface area contributed by atoms with E-state index in [0.717, 1.165) is 36.9 Å². The number of hydrogen-bond acceptors (Lipinski definition) is 4. The van der Waals surface area contributed by atoms with Gasteiger partial charge in [0.25, 0.3) is 0 Å². The molecule has 1 unspecified atom stereocenters. The highest BCUT2D eigenvalue weighted by Crippen LogP contribution is 2.46. The fourth-order valence-corrected chi connectivity index (χ4v) is 5.85. The maximum Gasteiger partial charge on any atom is 0.165 e. The largest absolute Gasteiger partial charge is 0.493 e. The van der Waals surface area contributed by atoms with E-state index in [-0.39, 0.29) is 0 Å². The standard InChI is InChI=1S/C21H25NO2S/c1-23-19-6-5-14-10-18-16-11-15(9-13-3-4-13)25-20(16)7-8-22(18)12-17(14)21(19)24-2/h5-6,11,13,18H,3-4,7-10,12H2,1-2H3. The molecule has 2 aliphatic heterocycles. The molecule has 0 bridgehead atoms. The summed E-state index contributed by atoms with van der Waals surface area (Å²) in [6.45, 7) is 2.12. The first kappa shape index (κ1) is 15.7. The SMILES string of the molecule is COc1ccc2c(c1OC)CN1CCc3sc(CC4CC4)cc3C1C2. The monoisotopic (exact) mass is 355 g/mol. The molecule has 1 atom stereocenters. The number of nitrogens with zero attached hydrogens (tertiary/aromatic N) is 1. The van der Waals surface area contributed by atoms with E-state index in [0.29, 0.717) is 6.04 Å². The van der Waals surface area contributed by atoms with Crippen molar-refractivity contribution < 1.29 is 9.47 Å². The highest BCUT2D eigenvalue weighted by molar-refractivity contribution is 7.12. The average molecular weight is 356 g/mol. The lowest BCUT2D eigenvalue weighted by Crippen LogP contribution is -2.38. The highest BCUT2D eigenvalue weighted by atomic mass is 32.1. The fourth-order valence-electron chi connectivity index (χ4n) is 4.52. The molecule has 1 aliphatic carbocycles. The minimum Gasteiger partial charge on any atom is -0.493 e. The zero-order chi connectivity index (χ0) is 17.0. The number of ether oxygens (including phenoxy) is 2. The van der Waals surface area contributed by atoms with E-state index in [9.17, 15) is 0 Å². The number of thiophene rings is 1. The number of methoxy groups -OCH3 is 2. The van der Waals surface area contributed by atoms with E-state index < -0.39 is 0 Å². The van der Waals surface area contributed by atoms with Gasteiger partial charge in [0.15, 0.2) is 11.5 Å². The molecule has 25 heavy (non-hydrogen) atoms. The Bertz CT molecular complexity index is 808. The molecule has 5 rings (SSSR count). The Labute approximate surface area is 153 Å². The highest BCUT2D eigenvalue weighted by Gasteiger charge is 2.35. The van der Waals surface area contributed by atoms with Gasteiger partial charge in [0.2, 0.25) is 0 Å². The summed E-state index contributed by atoms with van der Waals surface area (Å²) in [6.07, 6.45) is 6.47. The molecular weight excluding hydrogens is 330 g/mol. The minimum atomic E-state index is 0.540. The van der Waals surface area contributed by atoms with Crippen LogP contribution in [0, 0.1) is 5.92 Å². The van der Waals surface area contributed by atoms with Crippen LogP contribution in [-0.4, -0.2) is 25.7 Å². The van der Waals surface area contributed by atoms with Gasteiger partial charge in [-0.1, -0.05) is 6.07 Å². The van der Waals surface area contributed by atoms with Gasteiger partial charge >= 0.3 is 0 Å². The molecule has 0 N–H and O–H groups in total.